The molecule has 1 heterocycles. The summed E-state index contributed by atoms with van der Waals surface area (Å²) in [6.45, 7) is 0. The molecular weight excluding hydrogens is 302 g/mol. The van der Waals surface area contributed by atoms with Crippen LogP contribution in [0.25, 0.3) is 11.1 Å². The lowest BCUT2D eigenvalue weighted by atomic mass is 9.98. The summed E-state index contributed by atoms with van der Waals surface area (Å²) >= 11 is 3.47. The van der Waals surface area contributed by atoms with Crippen LogP contribution in [0.1, 0.15) is 17.4 Å². The minimum absolute atomic E-state index is 0.0907. The first kappa shape index (κ1) is 12.3. The Kier molecular flexibility index (Phi) is 3.56. The molecule has 1 aliphatic heterocycles. The Morgan fingerprint density at radius 2 is 1.84 bits per heavy atom. The molecule has 2 nitrogen and oxygen atoms in total. The van der Waals surface area contributed by atoms with Crippen molar-refractivity contribution in [3.05, 3.63) is 72.1 Å². The van der Waals surface area contributed by atoms with E-state index >= 15 is 0 Å². The Morgan fingerprint density at radius 1 is 1.05 bits per heavy atom. The molecule has 1 unspecified atom stereocenters. The monoisotopic (exact) mass is 315 g/mol. The Morgan fingerprint density at radius 3 is 2.53 bits per heavy atom. The summed E-state index contributed by atoms with van der Waals surface area (Å²) in [4.78, 5) is 0. The van der Waals surface area contributed by atoms with Crippen LogP contribution in [0, 0.1) is 0 Å². The molecule has 0 spiro atoms. The lowest BCUT2D eigenvalue weighted by Crippen LogP contribution is -2.12. The minimum Gasteiger partial charge on any atom is -0.473 e. The zero-order valence-electron chi connectivity index (χ0n) is 10.3. The maximum Gasteiger partial charge on any atom is 0.195 e. The van der Waals surface area contributed by atoms with E-state index in [9.17, 15) is 0 Å². The summed E-state index contributed by atoms with van der Waals surface area (Å²) in [7, 11) is 0. The fourth-order valence-corrected chi connectivity index (χ4v) is 2.58. The first-order valence-electron chi connectivity index (χ1n) is 6.19. The van der Waals surface area contributed by atoms with Crippen molar-refractivity contribution in [2.75, 3.05) is 0 Å². The zero-order valence-corrected chi connectivity index (χ0v) is 11.9. The zero-order chi connectivity index (χ0) is 13.1. The van der Waals surface area contributed by atoms with E-state index in [-0.39, 0.29) is 6.23 Å². The molecule has 19 heavy (non-hydrogen) atoms. The third-order valence-electron chi connectivity index (χ3n) is 3.19. The Balaban J connectivity index is 1.99. The van der Waals surface area contributed by atoms with Crippen LogP contribution in [0.15, 0.2) is 61.0 Å². The lowest BCUT2D eigenvalue weighted by molar-refractivity contribution is 0.155. The van der Waals surface area contributed by atoms with E-state index in [0.717, 1.165) is 10.9 Å². The van der Waals surface area contributed by atoms with Crippen molar-refractivity contribution in [2.24, 2.45) is 0 Å². The van der Waals surface area contributed by atoms with E-state index in [0.29, 0.717) is 0 Å². The van der Waals surface area contributed by atoms with E-state index < -0.39 is 0 Å². The molecule has 0 radical (unpaired) electrons. The van der Waals surface area contributed by atoms with Gasteiger partial charge in [-0.25, -0.2) is 0 Å². The van der Waals surface area contributed by atoms with Gasteiger partial charge >= 0.3 is 0 Å². The van der Waals surface area contributed by atoms with E-state index in [2.05, 4.69) is 63.7 Å². The van der Waals surface area contributed by atoms with E-state index in [1.54, 1.807) is 6.26 Å². The molecule has 0 saturated heterocycles. The molecule has 0 aliphatic carbocycles. The average Bonchev–Trinajstić information content (AvgIpc) is 3.01. The van der Waals surface area contributed by atoms with Crippen LogP contribution in [0.5, 0.6) is 0 Å². The van der Waals surface area contributed by atoms with Crippen LogP contribution in [0.4, 0.5) is 0 Å². The summed E-state index contributed by atoms with van der Waals surface area (Å²) in [5.41, 5.74) is 4.83. The highest BCUT2D eigenvalue weighted by atomic mass is 79.9. The van der Waals surface area contributed by atoms with Crippen LogP contribution in [0.2, 0.25) is 0 Å². The van der Waals surface area contributed by atoms with Gasteiger partial charge < -0.3 is 10.1 Å². The van der Waals surface area contributed by atoms with Gasteiger partial charge in [-0.05, 0) is 16.7 Å². The summed E-state index contributed by atoms with van der Waals surface area (Å²) in [5, 5.41) is 4.08. The number of hydrogen-bond donors (Lipinski definition) is 1. The third kappa shape index (κ3) is 2.51. The summed E-state index contributed by atoms with van der Waals surface area (Å²) in [6, 6.07) is 16.9. The van der Waals surface area contributed by atoms with Crippen molar-refractivity contribution in [1.82, 2.24) is 5.32 Å². The highest BCUT2D eigenvalue weighted by Crippen LogP contribution is 2.30. The molecule has 3 heteroatoms. The van der Waals surface area contributed by atoms with Crippen LogP contribution in [-0.4, -0.2) is 0 Å². The molecule has 1 N–H and O–H groups in total. The lowest BCUT2D eigenvalue weighted by Gasteiger charge is -2.16. The molecule has 1 atom stereocenters. The average molecular weight is 316 g/mol. The highest BCUT2D eigenvalue weighted by Gasteiger charge is 2.17. The Labute approximate surface area is 121 Å². The number of ether oxygens (including phenoxy) is 1. The molecular formula is C16H14BrNO. The fourth-order valence-electron chi connectivity index (χ4n) is 2.21. The summed E-state index contributed by atoms with van der Waals surface area (Å²) < 4.78 is 5.55. The van der Waals surface area contributed by atoms with Gasteiger partial charge in [0, 0.05) is 17.1 Å². The van der Waals surface area contributed by atoms with Crippen molar-refractivity contribution in [2.45, 2.75) is 11.6 Å². The van der Waals surface area contributed by atoms with Gasteiger partial charge in [0.1, 0.15) is 6.26 Å². The molecule has 3 rings (SSSR count). The molecule has 2 aromatic carbocycles. The predicted molar refractivity (Wildman–Crippen MR) is 80.6 cm³/mol. The second kappa shape index (κ2) is 5.49. The molecule has 0 bridgehead atoms. The van der Waals surface area contributed by atoms with Crippen molar-refractivity contribution < 1.29 is 4.74 Å². The quantitative estimate of drug-likeness (QED) is 0.851. The molecule has 2 aromatic rings. The van der Waals surface area contributed by atoms with Crippen molar-refractivity contribution in [1.29, 1.82) is 0 Å². The normalized spacial score (nSPS) is 17.0. The van der Waals surface area contributed by atoms with E-state index in [1.165, 1.54) is 16.7 Å². The van der Waals surface area contributed by atoms with Crippen LogP contribution >= 0.6 is 15.9 Å². The first-order valence-corrected chi connectivity index (χ1v) is 7.31. The molecule has 0 amide bonds. The fraction of sp³-hybridized carbons (Fsp3) is 0.125. The number of benzene rings is 2. The minimum atomic E-state index is -0.0907. The summed E-state index contributed by atoms with van der Waals surface area (Å²) in [6.07, 6.45) is 3.43. The van der Waals surface area contributed by atoms with Crippen LogP contribution in [0.3, 0.4) is 0 Å². The van der Waals surface area contributed by atoms with Crippen molar-refractivity contribution in [3.63, 3.8) is 0 Å². The standard InChI is InChI=1S/C16H14BrNO/c17-11-12-5-7-13(8-6-12)14-3-1-2-4-15(14)16-18-9-10-19-16/h1-10,16,18H,11H2. The van der Waals surface area contributed by atoms with Gasteiger partial charge in [-0.1, -0.05) is 64.5 Å². The molecule has 1 aliphatic rings. The first-order chi connectivity index (χ1) is 9.38. The summed E-state index contributed by atoms with van der Waals surface area (Å²) in [5.74, 6) is 0. The van der Waals surface area contributed by atoms with Gasteiger partial charge in [0.15, 0.2) is 6.23 Å². The van der Waals surface area contributed by atoms with Gasteiger partial charge in [-0.2, -0.15) is 0 Å². The maximum absolute atomic E-state index is 5.55. The van der Waals surface area contributed by atoms with E-state index in [4.69, 9.17) is 4.74 Å². The van der Waals surface area contributed by atoms with Gasteiger partial charge in [-0.15, -0.1) is 0 Å². The number of halogens is 1. The Bertz CT molecular complexity index is 584. The van der Waals surface area contributed by atoms with Gasteiger partial charge in [0.2, 0.25) is 0 Å². The molecule has 0 aromatic heterocycles. The SMILES string of the molecule is BrCc1ccc(-c2ccccc2C2NC=CO2)cc1. The number of nitrogens with one attached hydrogen (secondary N) is 1. The van der Waals surface area contributed by atoms with Crippen LogP contribution in [-0.2, 0) is 10.1 Å². The number of hydrogen-bond acceptors (Lipinski definition) is 2. The van der Waals surface area contributed by atoms with Crippen LogP contribution < -0.4 is 5.32 Å². The number of rotatable bonds is 3. The third-order valence-corrected chi connectivity index (χ3v) is 3.84. The van der Waals surface area contributed by atoms with E-state index in [1.807, 2.05) is 12.3 Å². The topological polar surface area (TPSA) is 21.3 Å². The molecule has 96 valence electrons. The van der Waals surface area contributed by atoms with Gasteiger partial charge in [0.25, 0.3) is 0 Å². The highest BCUT2D eigenvalue weighted by molar-refractivity contribution is 9.08. The van der Waals surface area contributed by atoms with Gasteiger partial charge in [-0.3, -0.25) is 0 Å². The number of alkyl halides is 1. The molecule has 0 saturated carbocycles. The maximum atomic E-state index is 5.55. The molecule has 0 fully saturated rings. The van der Waals surface area contributed by atoms with Gasteiger partial charge in [0.05, 0.1) is 0 Å². The predicted octanol–water partition coefficient (Wildman–Crippen LogP) is 4.34. The second-order valence-electron chi connectivity index (χ2n) is 4.40. The smallest absolute Gasteiger partial charge is 0.195 e. The Hall–Kier alpha value is -1.74. The largest absolute Gasteiger partial charge is 0.473 e. The second-order valence-corrected chi connectivity index (χ2v) is 4.96. The van der Waals surface area contributed by atoms with Crippen molar-refractivity contribution in [3.8, 4) is 11.1 Å². The van der Waals surface area contributed by atoms with Crippen molar-refractivity contribution >= 4 is 15.9 Å².